The van der Waals surface area contributed by atoms with Crippen molar-refractivity contribution in [1.82, 2.24) is 0 Å². The molecular formula is C32H22N4O4. The number of nitrogens with zero attached hydrogens (tertiary/aromatic N) is 4. The van der Waals surface area contributed by atoms with Gasteiger partial charge in [0.25, 0.3) is 0 Å². The van der Waals surface area contributed by atoms with Crippen molar-refractivity contribution in [3.05, 3.63) is 109 Å². The molecule has 0 radical (unpaired) electrons. The Balaban J connectivity index is 1.22. The number of phenols is 4. The highest BCUT2D eigenvalue weighted by Crippen LogP contribution is 2.40. The highest BCUT2D eigenvalue weighted by molar-refractivity contribution is 5.93. The standard InChI is InChI=1S/C32H22N4O4/c37-29-17-21(11-13-25(29)33-35-27-15-9-19-5-1-3-7-23(19)31(27)39)22-12-14-26(30(38)18-22)34-36-28-16-10-20-6-2-4-8-24(20)32(28)40/h1-18,37-40H. The van der Waals surface area contributed by atoms with E-state index in [4.69, 9.17) is 0 Å². The number of hydrogen-bond donors (Lipinski definition) is 4. The predicted molar refractivity (Wildman–Crippen MR) is 155 cm³/mol. The van der Waals surface area contributed by atoms with Gasteiger partial charge in [-0.05, 0) is 58.3 Å². The first-order valence-corrected chi connectivity index (χ1v) is 12.4. The lowest BCUT2D eigenvalue weighted by atomic mass is 10.0. The smallest absolute Gasteiger partial charge is 0.150 e. The molecule has 0 saturated heterocycles. The fourth-order valence-corrected chi connectivity index (χ4v) is 4.44. The van der Waals surface area contributed by atoms with E-state index in [2.05, 4.69) is 20.5 Å². The van der Waals surface area contributed by atoms with Gasteiger partial charge in [-0.1, -0.05) is 72.8 Å². The molecule has 0 aliphatic carbocycles. The van der Waals surface area contributed by atoms with Crippen LogP contribution in [0.25, 0.3) is 32.7 Å². The molecule has 0 heterocycles. The summed E-state index contributed by atoms with van der Waals surface area (Å²) in [6, 6.07) is 31.5. The van der Waals surface area contributed by atoms with Crippen LogP contribution < -0.4 is 0 Å². The number of aromatic hydroxyl groups is 4. The summed E-state index contributed by atoms with van der Waals surface area (Å²) in [5, 5.41) is 61.7. The van der Waals surface area contributed by atoms with Gasteiger partial charge in [-0.3, -0.25) is 0 Å². The van der Waals surface area contributed by atoms with Gasteiger partial charge in [0.1, 0.15) is 34.2 Å². The molecule has 0 saturated carbocycles. The van der Waals surface area contributed by atoms with Crippen LogP contribution in [-0.2, 0) is 0 Å². The van der Waals surface area contributed by atoms with Crippen LogP contribution in [0.1, 0.15) is 0 Å². The van der Waals surface area contributed by atoms with Crippen LogP contribution in [0.3, 0.4) is 0 Å². The van der Waals surface area contributed by atoms with Crippen molar-refractivity contribution >= 4 is 44.3 Å². The van der Waals surface area contributed by atoms with Gasteiger partial charge in [-0.15, -0.1) is 20.5 Å². The normalized spacial score (nSPS) is 11.7. The average Bonchev–Trinajstić information content (AvgIpc) is 2.98. The molecular weight excluding hydrogens is 504 g/mol. The summed E-state index contributed by atoms with van der Waals surface area (Å²) in [5.74, 6) is -0.198. The van der Waals surface area contributed by atoms with Crippen molar-refractivity contribution in [2.24, 2.45) is 20.5 Å². The molecule has 8 nitrogen and oxygen atoms in total. The Bertz CT molecular complexity index is 1820. The lowest BCUT2D eigenvalue weighted by molar-refractivity contribution is 0.474. The van der Waals surface area contributed by atoms with Crippen molar-refractivity contribution in [3.8, 4) is 34.1 Å². The second kappa shape index (κ2) is 10.2. The first-order valence-electron chi connectivity index (χ1n) is 12.4. The minimum atomic E-state index is -0.114. The molecule has 4 N–H and O–H groups in total. The molecule has 6 aromatic rings. The molecule has 0 atom stereocenters. The summed E-state index contributed by atoms with van der Waals surface area (Å²) >= 11 is 0. The Morgan fingerprint density at radius 2 is 0.750 bits per heavy atom. The summed E-state index contributed by atoms with van der Waals surface area (Å²) in [6.45, 7) is 0. The Morgan fingerprint density at radius 1 is 0.375 bits per heavy atom. The van der Waals surface area contributed by atoms with Crippen molar-refractivity contribution < 1.29 is 20.4 Å². The van der Waals surface area contributed by atoms with Gasteiger partial charge in [0, 0.05) is 10.8 Å². The molecule has 0 aliphatic rings. The zero-order chi connectivity index (χ0) is 27.6. The Labute approximate surface area is 228 Å². The summed E-state index contributed by atoms with van der Waals surface area (Å²) in [7, 11) is 0. The Hall–Kier alpha value is -5.76. The minimum absolute atomic E-state index is 0.0153. The van der Waals surface area contributed by atoms with E-state index in [0.29, 0.717) is 21.9 Å². The highest BCUT2D eigenvalue weighted by atomic mass is 16.3. The van der Waals surface area contributed by atoms with Crippen molar-refractivity contribution in [3.63, 3.8) is 0 Å². The molecule has 0 fully saturated rings. The molecule has 194 valence electrons. The summed E-state index contributed by atoms with van der Waals surface area (Å²) in [6.07, 6.45) is 0. The number of azo groups is 2. The molecule has 6 aromatic carbocycles. The molecule has 0 unspecified atom stereocenters. The van der Waals surface area contributed by atoms with Gasteiger partial charge >= 0.3 is 0 Å². The second-order valence-corrected chi connectivity index (χ2v) is 9.12. The largest absolute Gasteiger partial charge is 0.506 e. The molecule has 0 amide bonds. The summed E-state index contributed by atoms with van der Waals surface area (Å²) < 4.78 is 0. The maximum atomic E-state index is 10.6. The van der Waals surface area contributed by atoms with E-state index in [1.54, 1.807) is 48.5 Å². The molecule has 8 heteroatoms. The van der Waals surface area contributed by atoms with E-state index < -0.39 is 0 Å². The van der Waals surface area contributed by atoms with Crippen LogP contribution in [0.4, 0.5) is 22.7 Å². The van der Waals surface area contributed by atoms with Crippen molar-refractivity contribution in [2.45, 2.75) is 0 Å². The van der Waals surface area contributed by atoms with E-state index >= 15 is 0 Å². The van der Waals surface area contributed by atoms with Crippen LogP contribution in [0.15, 0.2) is 130 Å². The average molecular weight is 527 g/mol. The topological polar surface area (TPSA) is 130 Å². The lowest BCUT2D eigenvalue weighted by Gasteiger charge is -2.07. The van der Waals surface area contributed by atoms with E-state index in [1.807, 2.05) is 48.5 Å². The number of fused-ring (bicyclic) bond motifs is 2. The number of rotatable bonds is 5. The van der Waals surface area contributed by atoms with Crippen LogP contribution in [0.2, 0.25) is 0 Å². The van der Waals surface area contributed by atoms with Crippen molar-refractivity contribution in [2.75, 3.05) is 0 Å². The fourth-order valence-electron chi connectivity index (χ4n) is 4.44. The molecule has 0 spiro atoms. The maximum Gasteiger partial charge on any atom is 0.150 e. The zero-order valence-corrected chi connectivity index (χ0v) is 21.0. The van der Waals surface area contributed by atoms with Gasteiger partial charge < -0.3 is 20.4 Å². The van der Waals surface area contributed by atoms with Gasteiger partial charge in [0.15, 0.2) is 11.5 Å². The Morgan fingerprint density at radius 3 is 1.18 bits per heavy atom. The third-order valence-electron chi connectivity index (χ3n) is 6.57. The summed E-state index contributed by atoms with van der Waals surface area (Å²) in [4.78, 5) is 0. The van der Waals surface area contributed by atoms with Gasteiger partial charge in [-0.25, -0.2) is 0 Å². The maximum absolute atomic E-state index is 10.6. The van der Waals surface area contributed by atoms with Crippen LogP contribution >= 0.6 is 0 Å². The minimum Gasteiger partial charge on any atom is -0.506 e. The quantitative estimate of drug-likeness (QED) is 0.167. The van der Waals surface area contributed by atoms with Crippen molar-refractivity contribution in [1.29, 1.82) is 0 Å². The number of hydrogen-bond acceptors (Lipinski definition) is 8. The number of phenolic OH excluding ortho intramolecular Hbond substituents is 4. The zero-order valence-electron chi connectivity index (χ0n) is 21.0. The first kappa shape index (κ1) is 24.6. The van der Waals surface area contributed by atoms with E-state index in [0.717, 1.165) is 10.8 Å². The van der Waals surface area contributed by atoms with Crippen LogP contribution in [0, 0.1) is 0 Å². The lowest BCUT2D eigenvalue weighted by Crippen LogP contribution is -1.79. The monoisotopic (exact) mass is 526 g/mol. The number of benzene rings is 6. The van der Waals surface area contributed by atoms with E-state index in [-0.39, 0.29) is 45.7 Å². The van der Waals surface area contributed by atoms with E-state index in [1.165, 1.54) is 12.1 Å². The summed E-state index contributed by atoms with van der Waals surface area (Å²) in [5.41, 5.74) is 2.29. The molecule has 40 heavy (non-hydrogen) atoms. The molecule has 0 aliphatic heterocycles. The molecule has 0 bridgehead atoms. The van der Waals surface area contributed by atoms with Crippen LogP contribution in [-0.4, -0.2) is 20.4 Å². The van der Waals surface area contributed by atoms with Gasteiger partial charge in [0.2, 0.25) is 0 Å². The first-order chi connectivity index (χ1) is 19.5. The molecule has 6 rings (SSSR count). The van der Waals surface area contributed by atoms with Gasteiger partial charge in [-0.2, -0.15) is 0 Å². The van der Waals surface area contributed by atoms with Gasteiger partial charge in [0.05, 0.1) is 0 Å². The Kier molecular flexibility index (Phi) is 6.26. The second-order valence-electron chi connectivity index (χ2n) is 9.12. The van der Waals surface area contributed by atoms with Crippen LogP contribution in [0.5, 0.6) is 23.0 Å². The third kappa shape index (κ3) is 4.65. The van der Waals surface area contributed by atoms with E-state index in [9.17, 15) is 20.4 Å². The SMILES string of the molecule is Oc1cc(-c2ccc(N=Nc3ccc4ccccc4c3O)c(O)c2)ccc1N=Nc1ccc2ccccc2c1O. The predicted octanol–water partition coefficient (Wildman–Crippen LogP) is 9.31. The third-order valence-corrected chi connectivity index (χ3v) is 6.57. The highest BCUT2D eigenvalue weighted by Gasteiger charge is 2.10. The fraction of sp³-hybridized carbons (Fsp3) is 0. The molecule has 0 aromatic heterocycles.